The van der Waals surface area contributed by atoms with Crippen molar-refractivity contribution in [1.29, 1.82) is 0 Å². The number of aromatic nitrogens is 1. The van der Waals surface area contributed by atoms with E-state index in [4.69, 9.17) is 5.73 Å². The Kier molecular flexibility index (Phi) is 3.05. The second-order valence-electron chi connectivity index (χ2n) is 3.08. The minimum absolute atomic E-state index is 0.160. The minimum Gasteiger partial charge on any atom is -0.369 e. The maximum absolute atomic E-state index is 5.59. The highest BCUT2D eigenvalue weighted by molar-refractivity contribution is 5.36. The van der Waals surface area contributed by atoms with E-state index < -0.39 is 0 Å². The van der Waals surface area contributed by atoms with Gasteiger partial charge in [0.25, 0.3) is 0 Å². The van der Waals surface area contributed by atoms with Crippen molar-refractivity contribution in [1.82, 2.24) is 4.98 Å². The standard InChI is InChI=1S/C9H15N3/c1-7-3-4-11-9(5-7)12-6-8(2)10/h3-5,8H,6,10H2,1-2H3,(H,11,12). The van der Waals surface area contributed by atoms with Crippen LogP contribution in [0.3, 0.4) is 0 Å². The third kappa shape index (κ3) is 2.88. The lowest BCUT2D eigenvalue weighted by molar-refractivity contribution is 0.777. The van der Waals surface area contributed by atoms with Crippen LogP contribution in [-0.4, -0.2) is 17.6 Å². The van der Waals surface area contributed by atoms with Crippen LogP contribution in [0.25, 0.3) is 0 Å². The number of anilines is 1. The van der Waals surface area contributed by atoms with Gasteiger partial charge < -0.3 is 11.1 Å². The lowest BCUT2D eigenvalue weighted by Gasteiger charge is -2.07. The Hall–Kier alpha value is -1.09. The number of hydrogen-bond donors (Lipinski definition) is 2. The molecule has 0 aliphatic carbocycles. The van der Waals surface area contributed by atoms with Crippen LogP contribution in [0.5, 0.6) is 0 Å². The Labute approximate surface area is 73.0 Å². The molecule has 0 fully saturated rings. The number of nitrogens with zero attached hydrogens (tertiary/aromatic N) is 1. The molecule has 1 aromatic heterocycles. The molecule has 1 aromatic rings. The Morgan fingerprint density at radius 3 is 3.00 bits per heavy atom. The van der Waals surface area contributed by atoms with E-state index in [0.717, 1.165) is 12.4 Å². The van der Waals surface area contributed by atoms with Gasteiger partial charge in [0, 0.05) is 18.8 Å². The number of nitrogens with two attached hydrogens (primary N) is 1. The molecule has 1 rings (SSSR count). The van der Waals surface area contributed by atoms with Crippen molar-refractivity contribution in [2.75, 3.05) is 11.9 Å². The van der Waals surface area contributed by atoms with E-state index in [-0.39, 0.29) is 6.04 Å². The number of hydrogen-bond acceptors (Lipinski definition) is 3. The number of aryl methyl sites for hydroxylation is 1. The van der Waals surface area contributed by atoms with Crippen LogP contribution in [-0.2, 0) is 0 Å². The zero-order chi connectivity index (χ0) is 8.97. The Bertz CT molecular complexity index is 245. The van der Waals surface area contributed by atoms with Gasteiger partial charge in [0.1, 0.15) is 5.82 Å². The van der Waals surface area contributed by atoms with Gasteiger partial charge in [0.2, 0.25) is 0 Å². The first-order valence-electron chi connectivity index (χ1n) is 4.10. The van der Waals surface area contributed by atoms with Crippen molar-refractivity contribution in [2.24, 2.45) is 5.73 Å². The SMILES string of the molecule is Cc1ccnc(NCC(C)N)c1. The first-order chi connectivity index (χ1) is 5.68. The second-order valence-corrected chi connectivity index (χ2v) is 3.08. The Morgan fingerprint density at radius 2 is 2.42 bits per heavy atom. The summed E-state index contributed by atoms with van der Waals surface area (Å²) in [6.45, 7) is 4.76. The van der Waals surface area contributed by atoms with Gasteiger partial charge in [-0.1, -0.05) is 0 Å². The van der Waals surface area contributed by atoms with Gasteiger partial charge in [-0.15, -0.1) is 0 Å². The Balaban J connectivity index is 2.52. The van der Waals surface area contributed by atoms with Crippen LogP contribution in [0.15, 0.2) is 18.3 Å². The zero-order valence-electron chi connectivity index (χ0n) is 7.54. The van der Waals surface area contributed by atoms with E-state index in [1.54, 1.807) is 6.20 Å². The normalized spacial score (nSPS) is 12.6. The molecule has 0 aliphatic rings. The van der Waals surface area contributed by atoms with E-state index in [9.17, 15) is 0 Å². The predicted molar refractivity (Wildman–Crippen MR) is 51.1 cm³/mol. The summed E-state index contributed by atoms with van der Waals surface area (Å²) in [5.41, 5.74) is 6.79. The molecule has 0 aromatic carbocycles. The summed E-state index contributed by atoms with van der Waals surface area (Å²) < 4.78 is 0. The van der Waals surface area contributed by atoms with Crippen molar-refractivity contribution in [3.05, 3.63) is 23.9 Å². The molecule has 1 atom stereocenters. The molecule has 0 saturated carbocycles. The maximum atomic E-state index is 5.59. The summed E-state index contributed by atoms with van der Waals surface area (Å²) in [5.74, 6) is 0.896. The van der Waals surface area contributed by atoms with Crippen LogP contribution >= 0.6 is 0 Å². The molecule has 0 amide bonds. The van der Waals surface area contributed by atoms with Gasteiger partial charge in [-0.3, -0.25) is 0 Å². The van der Waals surface area contributed by atoms with Crippen molar-refractivity contribution in [3.8, 4) is 0 Å². The van der Waals surface area contributed by atoms with Crippen LogP contribution in [0.4, 0.5) is 5.82 Å². The smallest absolute Gasteiger partial charge is 0.126 e. The van der Waals surface area contributed by atoms with Crippen molar-refractivity contribution in [2.45, 2.75) is 19.9 Å². The monoisotopic (exact) mass is 165 g/mol. The van der Waals surface area contributed by atoms with Crippen LogP contribution in [0, 0.1) is 6.92 Å². The van der Waals surface area contributed by atoms with Gasteiger partial charge in [-0.05, 0) is 31.5 Å². The van der Waals surface area contributed by atoms with Crippen LogP contribution in [0.2, 0.25) is 0 Å². The third-order valence-corrected chi connectivity index (χ3v) is 1.52. The van der Waals surface area contributed by atoms with E-state index in [0.29, 0.717) is 0 Å². The lowest BCUT2D eigenvalue weighted by Crippen LogP contribution is -2.25. The van der Waals surface area contributed by atoms with E-state index in [1.165, 1.54) is 5.56 Å². The summed E-state index contributed by atoms with van der Waals surface area (Å²) in [6.07, 6.45) is 1.79. The molecule has 1 unspecified atom stereocenters. The molecular weight excluding hydrogens is 150 g/mol. The van der Waals surface area contributed by atoms with Gasteiger partial charge in [-0.2, -0.15) is 0 Å². The van der Waals surface area contributed by atoms with E-state index in [1.807, 2.05) is 26.0 Å². The topological polar surface area (TPSA) is 50.9 Å². The zero-order valence-corrected chi connectivity index (χ0v) is 7.54. The molecule has 0 radical (unpaired) electrons. The number of nitrogens with one attached hydrogen (secondary N) is 1. The average molecular weight is 165 g/mol. The molecular formula is C9H15N3. The molecule has 0 saturated heterocycles. The predicted octanol–water partition coefficient (Wildman–Crippen LogP) is 1.15. The largest absolute Gasteiger partial charge is 0.369 e. The summed E-state index contributed by atoms with van der Waals surface area (Å²) in [6, 6.07) is 4.13. The number of rotatable bonds is 3. The number of pyridine rings is 1. The van der Waals surface area contributed by atoms with Crippen molar-refractivity contribution < 1.29 is 0 Å². The summed E-state index contributed by atoms with van der Waals surface area (Å²) in [7, 11) is 0. The Morgan fingerprint density at radius 1 is 1.67 bits per heavy atom. The summed E-state index contributed by atoms with van der Waals surface area (Å²) >= 11 is 0. The highest BCUT2D eigenvalue weighted by Crippen LogP contribution is 2.04. The lowest BCUT2D eigenvalue weighted by atomic mass is 10.3. The van der Waals surface area contributed by atoms with Crippen molar-refractivity contribution in [3.63, 3.8) is 0 Å². The van der Waals surface area contributed by atoms with Crippen LogP contribution in [0.1, 0.15) is 12.5 Å². The van der Waals surface area contributed by atoms with E-state index >= 15 is 0 Å². The highest BCUT2D eigenvalue weighted by Gasteiger charge is 1.95. The van der Waals surface area contributed by atoms with Gasteiger partial charge in [0.05, 0.1) is 0 Å². The fourth-order valence-electron chi connectivity index (χ4n) is 0.898. The van der Waals surface area contributed by atoms with Crippen molar-refractivity contribution >= 4 is 5.82 Å². The third-order valence-electron chi connectivity index (χ3n) is 1.52. The van der Waals surface area contributed by atoms with E-state index in [2.05, 4.69) is 10.3 Å². The van der Waals surface area contributed by atoms with Gasteiger partial charge in [0.15, 0.2) is 0 Å². The molecule has 3 heteroatoms. The first kappa shape index (κ1) is 9.00. The second kappa shape index (κ2) is 4.07. The molecule has 0 spiro atoms. The van der Waals surface area contributed by atoms with Gasteiger partial charge in [-0.25, -0.2) is 4.98 Å². The summed E-state index contributed by atoms with van der Waals surface area (Å²) in [5, 5.41) is 3.15. The molecule has 0 aliphatic heterocycles. The maximum Gasteiger partial charge on any atom is 0.126 e. The summed E-state index contributed by atoms with van der Waals surface area (Å²) in [4.78, 5) is 4.14. The average Bonchev–Trinajstić information content (AvgIpc) is 2.01. The van der Waals surface area contributed by atoms with Gasteiger partial charge >= 0.3 is 0 Å². The molecule has 3 nitrogen and oxygen atoms in total. The fourth-order valence-corrected chi connectivity index (χ4v) is 0.898. The molecule has 12 heavy (non-hydrogen) atoms. The minimum atomic E-state index is 0.160. The molecule has 66 valence electrons. The molecule has 3 N–H and O–H groups in total. The molecule has 0 bridgehead atoms. The fraction of sp³-hybridized carbons (Fsp3) is 0.444. The quantitative estimate of drug-likeness (QED) is 0.706. The van der Waals surface area contributed by atoms with Crippen LogP contribution < -0.4 is 11.1 Å². The first-order valence-corrected chi connectivity index (χ1v) is 4.10. The molecule has 1 heterocycles. The highest BCUT2D eigenvalue weighted by atomic mass is 15.0.